The number of anilines is 1. The fraction of sp³-hybridized carbons (Fsp3) is 0.318. The molecule has 7 nitrogen and oxygen atoms in total. The van der Waals surface area contributed by atoms with Crippen LogP contribution in [-0.4, -0.2) is 35.8 Å². The van der Waals surface area contributed by atoms with E-state index in [-0.39, 0.29) is 11.6 Å². The largest absolute Gasteiger partial charge is 0.479 e. The fourth-order valence-corrected chi connectivity index (χ4v) is 3.54. The summed E-state index contributed by atoms with van der Waals surface area (Å²) in [6.07, 6.45) is 0.865. The molecule has 0 unspecified atom stereocenters. The first-order valence-electron chi connectivity index (χ1n) is 9.74. The summed E-state index contributed by atoms with van der Waals surface area (Å²) in [5, 5.41) is 18.7. The topological polar surface area (TPSA) is 100 Å². The van der Waals surface area contributed by atoms with Gasteiger partial charge in [0.1, 0.15) is 0 Å². The van der Waals surface area contributed by atoms with Crippen LogP contribution in [-0.2, 0) is 27.4 Å². The molecule has 2 aromatic carbocycles. The van der Waals surface area contributed by atoms with Gasteiger partial charge in [0.2, 0.25) is 6.61 Å². The summed E-state index contributed by atoms with van der Waals surface area (Å²) < 4.78 is 0. The predicted molar refractivity (Wildman–Crippen MR) is 112 cm³/mol. The molecule has 1 amide bonds. The van der Waals surface area contributed by atoms with E-state index in [1.807, 2.05) is 26.8 Å². The molecule has 2 aliphatic rings. The molecule has 4 rings (SSSR count). The molecule has 0 aromatic heterocycles. The Hall–Kier alpha value is -3.19. The molecule has 0 aliphatic carbocycles. The van der Waals surface area contributed by atoms with E-state index in [0.29, 0.717) is 12.1 Å². The van der Waals surface area contributed by atoms with Gasteiger partial charge in [0.25, 0.3) is 5.91 Å². The van der Waals surface area contributed by atoms with Crippen molar-refractivity contribution in [3.63, 3.8) is 0 Å². The Morgan fingerprint density at radius 1 is 1.17 bits per heavy atom. The standard InChI is InChI=1S/C20H19N3O4.C2H6/c1-11-2-4-12(5-3-11)14-8-15-18(16-9-21-7-6-13(14)16)22-20(26)19(15)23-27-10-17(24)25;1-2/h2-5,8,21H,6-7,9-10H2,1H3,(H,24,25)(H,22,23,26);1-2H3. The van der Waals surface area contributed by atoms with Gasteiger partial charge in [0.05, 0.1) is 5.69 Å². The lowest BCUT2D eigenvalue weighted by Crippen LogP contribution is -2.25. The highest BCUT2D eigenvalue weighted by Crippen LogP contribution is 2.38. The molecule has 2 heterocycles. The number of aliphatic carboxylic acids is 1. The first-order valence-corrected chi connectivity index (χ1v) is 9.74. The number of hydrogen-bond donors (Lipinski definition) is 3. The van der Waals surface area contributed by atoms with E-state index in [9.17, 15) is 9.59 Å². The maximum Gasteiger partial charge on any atom is 0.344 e. The number of benzene rings is 2. The molecule has 3 N–H and O–H groups in total. The summed E-state index contributed by atoms with van der Waals surface area (Å²) in [5.41, 5.74) is 7.05. The van der Waals surface area contributed by atoms with Gasteiger partial charge in [-0.1, -0.05) is 48.8 Å². The van der Waals surface area contributed by atoms with Crippen LogP contribution in [0.2, 0.25) is 0 Å². The molecule has 0 fully saturated rings. The second kappa shape index (κ2) is 8.87. The molecule has 0 spiro atoms. The maximum absolute atomic E-state index is 12.4. The van der Waals surface area contributed by atoms with Crippen LogP contribution in [0.3, 0.4) is 0 Å². The number of oxime groups is 1. The minimum Gasteiger partial charge on any atom is -0.479 e. The SMILES string of the molecule is CC.Cc1ccc(-c2cc3c(c4c2CCNC4)NC(=O)/C3=N\OCC(=O)O)cc1. The van der Waals surface area contributed by atoms with Crippen LogP contribution < -0.4 is 10.6 Å². The highest BCUT2D eigenvalue weighted by atomic mass is 16.6. The van der Waals surface area contributed by atoms with E-state index in [2.05, 4.69) is 40.1 Å². The van der Waals surface area contributed by atoms with Crippen molar-refractivity contribution in [1.29, 1.82) is 0 Å². The molecular weight excluding hydrogens is 370 g/mol. The van der Waals surface area contributed by atoms with Crippen LogP contribution in [0.1, 0.15) is 36.1 Å². The van der Waals surface area contributed by atoms with E-state index in [0.717, 1.165) is 35.3 Å². The molecule has 2 aliphatic heterocycles. The van der Waals surface area contributed by atoms with Gasteiger partial charge in [0, 0.05) is 12.1 Å². The molecule has 0 radical (unpaired) electrons. The summed E-state index contributed by atoms with van der Waals surface area (Å²) in [5.74, 6) is -1.53. The summed E-state index contributed by atoms with van der Waals surface area (Å²) in [6.45, 7) is 6.98. The average molecular weight is 395 g/mol. The van der Waals surface area contributed by atoms with E-state index in [1.165, 1.54) is 11.1 Å². The summed E-state index contributed by atoms with van der Waals surface area (Å²) in [4.78, 5) is 27.9. The smallest absolute Gasteiger partial charge is 0.344 e. The lowest BCUT2D eigenvalue weighted by molar-refractivity contribution is -0.142. The molecule has 29 heavy (non-hydrogen) atoms. The molecule has 152 valence electrons. The van der Waals surface area contributed by atoms with Gasteiger partial charge in [-0.25, -0.2) is 4.79 Å². The summed E-state index contributed by atoms with van der Waals surface area (Å²) in [7, 11) is 0. The Bertz CT molecular complexity index is 965. The van der Waals surface area contributed by atoms with Gasteiger partial charge in [-0.15, -0.1) is 0 Å². The Kier molecular flexibility index (Phi) is 6.29. The van der Waals surface area contributed by atoms with Crippen LogP contribution in [0.25, 0.3) is 11.1 Å². The van der Waals surface area contributed by atoms with Crippen molar-refractivity contribution < 1.29 is 19.5 Å². The maximum atomic E-state index is 12.4. The van der Waals surface area contributed by atoms with Crippen LogP contribution in [0.5, 0.6) is 0 Å². The zero-order chi connectivity index (χ0) is 21.0. The minimum absolute atomic E-state index is 0.105. The van der Waals surface area contributed by atoms with Crippen molar-refractivity contribution in [1.82, 2.24) is 5.32 Å². The third kappa shape index (κ3) is 4.14. The Morgan fingerprint density at radius 2 is 1.90 bits per heavy atom. The quantitative estimate of drug-likeness (QED) is 0.691. The number of nitrogens with one attached hydrogen (secondary N) is 2. The van der Waals surface area contributed by atoms with Gasteiger partial charge in [-0.2, -0.15) is 0 Å². The number of carboxylic acid groups (broad SMARTS) is 1. The highest BCUT2D eigenvalue weighted by Gasteiger charge is 2.32. The molecular formula is C22H25N3O4. The second-order valence-corrected chi connectivity index (χ2v) is 6.66. The molecule has 0 saturated carbocycles. The number of nitrogens with zero attached hydrogens (tertiary/aromatic N) is 1. The van der Waals surface area contributed by atoms with Gasteiger partial charge >= 0.3 is 5.97 Å². The Labute approximate surface area is 169 Å². The van der Waals surface area contributed by atoms with Crippen molar-refractivity contribution in [3.05, 3.63) is 52.6 Å². The number of amides is 1. The summed E-state index contributed by atoms with van der Waals surface area (Å²) in [6, 6.07) is 10.2. The van der Waals surface area contributed by atoms with E-state index < -0.39 is 12.6 Å². The number of rotatable bonds is 4. The van der Waals surface area contributed by atoms with Gasteiger partial charge in [-0.05, 0) is 48.2 Å². The van der Waals surface area contributed by atoms with Crippen molar-refractivity contribution in [2.45, 2.75) is 33.7 Å². The van der Waals surface area contributed by atoms with Crippen molar-refractivity contribution >= 4 is 23.3 Å². The number of carbonyl (C=O) groups excluding carboxylic acids is 1. The lowest BCUT2D eigenvalue weighted by Gasteiger charge is -2.23. The zero-order valence-electron chi connectivity index (χ0n) is 16.8. The Balaban J connectivity index is 0.00000117. The normalized spacial score (nSPS) is 15.7. The van der Waals surface area contributed by atoms with Gasteiger partial charge < -0.3 is 20.6 Å². The van der Waals surface area contributed by atoms with Crippen LogP contribution in [0.4, 0.5) is 5.69 Å². The van der Waals surface area contributed by atoms with E-state index in [4.69, 9.17) is 9.94 Å². The molecule has 0 atom stereocenters. The zero-order valence-corrected chi connectivity index (χ0v) is 16.8. The second-order valence-electron chi connectivity index (χ2n) is 6.66. The Morgan fingerprint density at radius 3 is 2.59 bits per heavy atom. The molecule has 2 aromatic rings. The third-order valence-corrected chi connectivity index (χ3v) is 4.82. The molecule has 0 saturated heterocycles. The van der Waals surface area contributed by atoms with Crippen molar-refractivity contribution in [2.75, 3.05) is 18.5 Å². The predicted octanol–water partition coefficient (Wildman–Crippen LogP) is 3.09. The van der Waals surface area contributed by atoms with Crippen LogP contribution >= 0.6 is 0 Å². The minimum atomic E-state index is -1.15. The molecule has 0 bridgehead atoms. The van der Waals surface area contributed by atoms with Gasteiger partial charge in [0.15, 0.2) is 5.71 Å². The van der Waals surface area contributed by atoms with Gasteiger partial charge in [-0.3, -0.25) is 4.79 Å². The first-order chi connectivity index (χ1) is 14.0. The monoisotopic (exact) mass is 395 g/mol. The molecule has 7 heteroatoms. The van der Waals surface area contributed by atoms with E-state index >= 15 is 0 Å². The number of aryl methyl sites for hydroxylation is 1. The lowest BCUT2D eigenvalue weighted by atomic mass is 9.87. The number of hydrogen-bond acceptors (Lipinski definition) is 5. The van der Waals surface area contributed by atoms with Crippen LogP contribution in [0, 0.1) is 6.92 Å². The first kappa shape index (κ1) is 20.5. The third-order valence-electron chi connectivity index (χ3n) is 4.82. The average Bonchev–Trinajstić information content (AvgIpc) is 3.05. The van der Waals surface area contributed by atoms with E-state index in [1.54, 1.807) is 0 Å². The van der Waals surface area contributed by atoms with Crippen LogP contribution in [0.15, 0.2) is 35.5 Å². The number of carbonyl (C=O) groups is 2. The highest BCUT2D eigenvalue weighted by molar-refractivity contribution is 6.54. The number of carboxylic acids is 1. The number of fused-ring (bicyclic) bond motifs is 3. The van der Waals surface area contributed by atoms with Crippen molar-refractivity contribution in [3.8, 4) is 11.1 Å². The van der Waals surface area contributed by atoms with Crippen molar-refractivity contribution in [2.24, 2.45) is 5.16 Å². The fourth-order valence-electron chi connectivity index (χ4n) is 3.54. The summed E-state index contributed by atoms with van der Waals surface area (Å²) >= 11 is 0.